The van der Waals surface area contributed by atoms with Crippen molar-refractivity contribution in [2.75, 3.05) is 6.54 Å². The van der Waals surface area contributed by atoms with Crippen LogP contribution in [-0.4, -0.2) is 22.4 Å². The van der Waals surface area contributed by atoms with Gasteiger partial charge in [0.15, 0.2) is 0 Å². The predicted octanol–water partition coefficient (Wildman–Crippen LogP) is 2.78. The summed E-state index contributed by atoms with van der Waals surface area (Å²) in [6.07, 6.45) is 5.44. The normalized spacial score (nSPS) is 13.3. The maximum absolute atomic E-state index is 4.65. The summed E-state index contributed by atoms with van der Waals surface area (Å²) in [7, 11) is 0. The zero-order valence-electron chi connectivity index (χ0n) is 11.0. The molecule has 1 unspecified atom stereocenters. The molecule has 0 aliphatic heterocycles. The first kappa shape index (κ1) is 13.2. The first-order valence-electron chi connectivity index (χ1n) is 6.48. The van der Waals surface area contributed by atoms with Gasteiger partial charge in [-0.1, -0.05) is 20.8 Å². The van der Waals surface area contributed by atoms with Gasteiger partial charge in [-0.25, -0.2) is 0 Å². The van der Waals surface area contributed by atoms with Crippen molar-refractivity contribution in [1.82, 2.24) is 15.1 Å². The summed E-state index contributed by atoms with van der Waals surface area (Å²) in [4.78, 5) is 0. The third-order valence-electron chi connectivity index (χ3n) is 3.05. The molecule has 16 heavy (non-hydrogen) atoms. The SMILES string of the molecule is CCNC(C)Cc1ccn(C(CC)CC)n1. The Labute approximate surface area is 99.2 Å². The maximum Gasteiger partial charge on any atom is 0.0640 e. The van der Waals surface area contributed by atoms with E-state index in [0.717, 1.165) is 25.8 Å². The standard InChI is InChI=1S/C13H25N3/c1-5-13(6-2)16-9-8-12(15-16)10-11(4)14-7-3/h8-9,11,13-14H,5-7,10H2,1-4H3. The topological polar surface area (TPSA) is 29.9 Å². The van der Waals surface area contributed by atoms with Crippen LogP contribution in [0.3, 0.4) is 0 Å². The second-order valence-electron chi connectivity index (χ2n) is 4.42. The molecule has 0 saturated heterocycles. The van der Waals surface area contributed by atoms with E-state index in [1.165, 1.54) is 5.69 Å². The number of hydrogen-bond donors (Lipinski definition) is 1. The number of nitrogens with zero attached hydrogens (tertiary/aromatic N) is 2. The van der Waals surface area contributed by atoms with Crippen molar-refractivity contribution >= 4 is 0 Å². The monoisotopic (exact) mass is 223 g/mol. The molecule has 3 nitrogen and oxygen atoms in total. The Bertz CT molecular complexity index is 289. The molecule has 1 aromatic rings. The quantitative estimate of drug-likeness (QED) is 0.770. The first-order chi connectivity index (χ1) is 7.71. The van der Waals surface area contributed by atoms with E-state index in [2.05, 4.69) is 55.1 Å². The average Bonchev–Trinajstić information content (AvgIpc) is 2.68. The lowest BCUT2D eigenvalue weighted by Crippen LogP contribution is -2.27. The van der Waals surface area contributed by atoms with Crippen LogP contribution in [0.4, 0.5) is 0 Å². The Morgan fingerprint density at radius 2 is 2.00 bits per heavy atom. The van der Waals surface area contributed by atoms with Crippen molar-refractivity contribution in [3.63, 3.8) is 0 Å². The second kappa shape index (κ2) is 6.69. The molecule has 0 aliphatic carbocycles. The molecule has 1 rings (SSSR count). The lowest BCUT2D eigenvalue weighted by Gasteiger charge is -2.13. The molecule has 1 aromatic heterocycles. The molecule has 1 N–H and O–H groups in total. The number of rotatable bonds is 7. The predicted molar refractivity (Wildman–Crippen MR) is 68.7 cm³/mol. The van der Waals surface area contributed by atoms with Crippen LogP contribution >= 0.6 is 0 Å². The highest BCUT2D eigenvalue weighted by Gasteiger charge is 2.09. The van der Waals surface area contributed by atoms with E-state index in [-0.39, 0.29) is 0 Å². The number of aromatic nitrogens is 2. The highest BCUT2D eigenvalue weighted by molar-refractivity contribution is 5.01. The number of likely N-dealkylation sites (N-methyl/N-ethyl adjacent to an activating group) is 1. The van der Waals surface area contributed by atoms with Crippen molar-refractivity contribution in [1.29, 1.82) is 0 Å². The van der Waals surface area contributed by atoms with Gasteiger partial charge in [-0.2, -0.15) is 5.10 Å². The van der Waals surface area contributed by atoms with E-state index in [1.54, 1.807) is 0 Å². The summed E-state index contributed by atoms with van der Waals surface area (Å²) in [6, 6.07) is 3.21. The fourth-order valence-corrected chi connectivity index (χ4v) is 2.09. The summed E-state index contributed by atoms with van der Waals surface area (Å²) in [5.74, 6) is 0. The Morgan fingerprint density at radius 1 is 1.31 bits per heavy atom. The van der Waals surface area contributed by atoms with Gasteiger partial charge in [-0.05, 0) is 32.4 Å². The van der Waals surface area contributed by atoms with Crippen molar-refractivity contribution in [2.24, 2.45) is 0 Å². The smallest absolute Gasteiger partial charge is 0.0640 e. The molecule has 0 aliphatic rings. The van der Waals surface area contributed by atoms with Crippen molar-refractivity contribution in [2.45, 2.75) is 59.0 Å². The van der Waals surface area contributed by atoms with Crippen LogP contribution in [0.25, 0.3) is 0 Å². The van der Waals surface area contributed by atoms with E-state index >= 15 is 0 Å². The molecule has 1 atom stereocenters. The summed E-state index contributed by atoms with van der Waals surface area (Å²) in [5.41, 5.74) is 1.19. The molecular formula is C13H25N3. The minimum atomic E-state index is 0.509. The maximum atomic E-state index is 4.65. The van der Waals surface area contributed by atoms with Gasteiger partial charge >= 0.3 is 0 Å². The fraction of sp³-hybridized carbons (Fsp3) is 0.769. The second-order valence-corrected chi connectivity index (χ2v) is 4.42. The highest BCUT2D eigenvalue weighted by atomic mass is 15.3. The highest BCUT2D eigenvalue weighted by Crippen LogP contribution is 2.14. The van der Waals surface area contributed by atoms with Crippen LogP contribution in [0.2, 0.25) is 0 Å². The van der Waals surface area contributed by atoms with Gasteiger partial charge < -0.3 is 5.32 Å². The fourth-order valence-electron chi connectivity index (χ4n) is 2.09. The Kier molecular flexibility index (Phi) is 5.53. The van der Waals surface area contributed by atoms with Gasteiger partial charge in [0.25, 0.3) is 0 Å². The zero-order valence-corrected chi connectivity index (χ0v) is 11.0. The van der Waals surface area contributed by atoms with Crippen molar-refractivity contribution in [3.05, 3.63) is 18.0 Å². The van der Waals surface area contributed by atoms with Gasteiger partial charge in [0, 0.05) is 18.7 Å². The van der Waals surface area contributed by atoms with Crippen LogP contribution in [0.1, 0.15) is 52.3 Å². The van der Waals surface area contributed by atoms with Gasteiger partial charge in [-0.3, -0.25) is 4.68 Å². The lowest BCUT2D eigenvalue weighted by molar-refractivity contribution is 0.423. The number of nitrogens with one attached hydrogen (secondary N) is 1. The van der Waals surface area contributed by atoms with Crippen molar-refractivity contribution in [3.8, 4) is 0 Å². The molecular weight excluding hydrogens is 198 g/mol. The summed E-state index contributed by atoms with van der Waals surface area (Å²) in [6.45, 7) is 9.81. The van der Waals surface area contributed by atoms with Crippen molar-refractivity contribution < 1.29 is 0 Å². The molecule has 0 spiro atoms. The van der Waals surface area contributed by atoms with Gasteiger partial charge in [-0.15, -0.1) is 0 Å². The van der Waals surface area contributed by atoms with E-state index in [0.29, 0.717) is 12.1 Å². The molecule has 0 amide bonds. The molecule has 0 radical (unpaired) electrons. The summed E-state index contributed by atoms with van der Waals surface area (Å²) in [5, 5.41) is 8.06. The van der Waals surface area contributed by atoms with E-state index in [1.807, 2.05) is 0 Å². The van der Waals surface area contributed by atoms with Gasteiger partial charge in [0.1, 0.15) is 0 Å². The number of hydrogen-bond acceptors (Lipinski definition) is 2. The largest absolute Gasteiger partial charge is 0.314 e. The van der Waals surface area contributed by atoms with E-state index < -0.39 is 0 Å². The van der Waals surface area contributed by atoms with Crippen LogP contribution in [0.15, 0.2) is 12.3 Å². The van der Waals surface area contributed by atoms with E-state index in [9.17, 15) is 0 Å². The molecule has 0 fully saturated rings. The third kappa shape index (κ3) is 3.63. The van der Waals surface area contributed by atoms with Gasteiger partial charge in [0.2, 0.25) is 0 Å². The summed E-state index contributed by atoms with van der Waals surface area (Å²) < 4.78 is 2.12. The van der Waals surface area contributed by atoms with Crippen LogP contribution in [-0.2, 0) is 6.42 Å². The molecule has 1 heterocycles. The van der Waals surface area contributed by atoms with Crippen LogP contribution in [0.5, 0.6) is 0 Å². The zero-order chi connectivity index (χ0) is 12.0. The molecule has 3 heteroatoms. The molecule has 0 saturated carbocycles. The Balaban J connectivity index is 2.57. The van der Waals surface area contributed by atoms with Crippen LogP contribution in [0, 0.1) is 0 Å². The molecule has 0 bridgehead atoms. The average molecular weight is 223 g/mol. The molecule has 92 valence electrons. The lowest BCUT2D eigenvalue weighted by atomic mass is 10.2. The Morgan fingerprint density at radius 3 is 2.56 bits per heavy atom. The van der Waals surface area contributed by atoms with Gasteiger partial charge in [0.05, 0.1) is 11.7 Å². The van der Waals surface area contributed by atoms with Crippen LogP contribution < -0.4 is 5.32 Å². The Hall–Kier alpha value is -0.830. The van der Waals surface area contributed by atoms with E-state index in [4.69, 9.17) is 0 Å². The third-order valence-corrected chi connectivity index (χ3v) is 3.05. The minimum Gasteiger partial charge on any atom is -0.314 e. The first-order valence-corrected chi connectivity index (χ1v) is 6.48. The minimum absolute atomic E-state index is 0.509. The summed E-state index contributed by atoms with van der Waals surface area (Å²) >= 11 is 0. The molecule has 0 aromatic carbocycles.